The number of ether oxygens (including phenoxy) is 8. The van der Waals surface area contributed by atoms with E-state index in [1.165, 1.54) is 173 Å². The molecule has 442 valence electrons. The van der Waals surface area contributed by atoms with Crippen LogP contribution in [0.15, 0.2) is 84.9 Å². The van der Waals surface area contributed by atoms with E-state index in [0.717, 1.165) is 53.2 Å². The van der Waals surface area contributed by atoms with Crippen molar-refractivity contribution < 1.29 is 47.8 Å². The van der Waals surface area contributed by atoms with Crippen molar-refractivity contribution >= 4 is 5.97 Å². The molecule has 1 atom stereocenters. The number of hydrogen-bond acceptors (Lipinski definition) is 10. The third-order valence-corrected chi connectivity index (χ3v) is 14.4. The lowest BCUT2D eigenvalue weighted by atomic mass is 10.1. The molecule has 0 spiro atoms. The van der Waals surface area contributed by atoms with Crippen LogP contribution in [0.4, 0.5) is 0 Å². The predicted molar refractivity (Wildman–Crippen MR) is 324 cm³/mol. The van der Waals surface area contributed by atoms with Crippen LogP contribution in [0.3, 0.4) is 0 Å². The molecule has 0 saturated heterocycles. The molecule has 0 bridgehead atoms. The highest BCUT2D eigenvalue weighted by Gasteiger charge is 2.22. The molecule has 0 unspecified atom stereocenters. The number of carbonyl (C=O) groups excluding carboxylic acids is 1. The number of hydrogen-bond donors (Lipinski definition) is 1. The summed E-state index contributed by atoms with van der Waals surface area (Å²) >= 11 is 0. The van der Waals surface area contributed by atoms with Gasteiger partial charge in [-0.2, -0.15) is 0 Å². The number of aliphatic hydroxyl groups excluding tert-OH is 1. The van der Waals surface area contributed by atoms with Crippen molar-refractivity contribution in [2.45, 2.75) is 246 Å². The average Bonchev–Trinajstić information content (AvgIpc) is 3.51. The Kier molecular flexibility index (Phi) is 37.7. The van der Waals surface area contributed by atoms with Crippen LogP contribution >= 0.6 is 0 Å². The molecule has 0 aliphatic rings. The van der Waals surface area contributed by atoms with E-state index in [2.05, 4.69) is 20.8 Å². The summed E-state index contributed by atoms with van der Waals surface area (Å²) in [4.78, 5) is 13.8. The first-order valence-electron chi connectivity index (χ1n) is 31.5. The fourth-order valence-corrected chi connectivity index (χ4v) is 9.49. The minimum atomic E-state index is -0.568. The van der Waals surface area contributed by atoms with Crippen LogP contribution in [0.5, 0.6) is 34.5 Å². The van der Waals surface area contributed by atoms with E-state index in [-0.39, 0.29) is 45.2 Å². The summed E-state index contributed by atoms with van der Waals surface area (Å²) in [6, 6.07) is 27.2. The topological polar surface area (TPSA) is 111 Å². The Morgan fingerprint density at radius 1 is 0.392 bits per heavy atom. The zero-order chi connectivity index (χ0) is 56.1. The van der Waals surface area contributed by atoms with Crippen molar-refractivity contribution in [2.24, 2.45) is 0 Å². The fraction of sp³-hybridized carbons (Fsp3) is 0.638. The van der Waals surface area contributed by atoms with Gasteiger partial charge in [-0.15, -0.1) is 0 Å². The van der Waals surface area contributed by atoms with Crippen molar-refractivity contribution in [1.82, 2.24) is 0 Å². The molecule has 1 N–H and O–H groups in total. The summed E-state index contributed by atoms with van der Waals surface area (Å²) in [6.45, 7) is 11.3. The number of carbonyl (C=O) groups is 1. The fourth-order valence-electron chi connectivity index (χ4n) is 9.49. The highest BCUT2D eigenvalue weighted by molar-refractivity contribution is 5.91. The van der Waals surface area contributed by atoms with Gasteiger partial charge in [0.05, 0.1) is 44.7 Å². The van der Waals surface area contributed by atoms with E-state index in [1.54, 1.807) is 19.1 Å². The van der Waals surface area contributed by atoms with E-state index in [9.17, 15) is 9.90 Å². The number of unbranched alkanes of at least 4 members (excludes halogenated alkanes) is 27. The van der Waals surface area contributed by atoms with E-state index in [0.29, 0.717) is 37.1 Å². The van der Waals surface area contributed by atoms with Crippen molar-refractivity contribution in [3.05, 3.63) is 107 Å². The van der Waals surface area contributed by atoms with Gasteiger partial charge in [0, 0.05) is 0 Å². The first-order valence-corrected chi connectivity index (χ1v) is 31.5. The maximum Gasteiger partial charge on any atom is 0.338 e. The molecular formula is C69H106O10. The lowest BCUT2D eigenvalue weighted by Crippen LogP contribution is -2.20. The third-order valence-electron chi connectivity index (χ3n) is 14.4. The highest BCUT2D eigenvalue weighted by Crippen LogP contribution is 2.41. The van der Waals surface area contributed by atoms with Crippen LogP contribution in [0.25, 0.3) is 0 Å². The maximum atomic E-state index is 13.8. The Hall–Kier alpha value is -4.93. The number of aliphatic hydroxyl groups is 1. The molecule has 0 radical (unpaired) electrons. The number of esters is 1. The standard InChI is InChI=1S/C69H106O10/c1-5-8-11-14-17-20-23-26-29-32-48-73-63-41-35-59(36-42-63)55-76-66-52-62(69(71)79-54-58(4)72-51-47-70)53-67(77-56-60-37-43-64(44-38-60)74-49-33-30-27-24-21-18-15-12-9-6-2)68(66)78-57-61-39-45-65(46-40-61)75-50-34-31-28-25-22-19-16-13-10-7-3/h35-46,52-53,58,70H,5-34,47-51,54-57H2,1-4H3/t58-/m1/s1. The molecule has 79 heavy (non-hydrogen) atoms. The first kappa shape index (κ1) is 66.6. The van der Waals surface area contributed by atoms with Crippen LogP contribution < -0.4 is 28.4 Å². The predicted octanol–water partition coefficient (Wildman–Crippen LogP) is 18.9. The van der Waals surface area contributed by atoms with Crippen LogP contribution in [-0.4, -0.2) is 56.8 Å². The van der Waals surface area contributed by atoms with Gasteiger partial charge in [0.25, 0.3) is 0 Å². The lowest BCUT2D eigenvalue weighted by Gasteiger charge is -2.19. The number of benzene rings is 4. The molecule has 0 aliphatic carbocycles. The van der Waals surface area contributed by atoms with Crippen LogP contribution in [0.1, 0.15) is 247 Å². The summed E-state index contributed by atoms with van der Waals surface area (Å²) in [5, 5.41) is 9.27. The summed E-state index contributed by atoms with van der Waals surface area (Å²) in [5.41, 5.74) is 3.02. The van der Waals surface area contributed by atoms with E-state index in [1.807, 2.05) is 72.8 Å². The minimum absolute atomic E-state index is 0.00363. The zero-order valence-corrected chi connectivity index (χ0v) is 49.9. The summed E-state index contributed by atoms with van der Waals surface area (Å²) in [6.07, 6.45) is 38.1. The zero-order valence-electron chi connectivity index (χ0n) is 49.9. The Balaban J connectivity index is 1.43. The van der Waals surface area contributed by atoms with E-state index < -0.39 is 12.1 Å². The van der Waals surface area contributed by atoms with Gasteiger partial charge in [0.2, 0.25) is 5.75 Å². The largest absolute Gasteiger partial charge is 0.494 e. The summed E-state index contributed by atoms with van der Waals surface area (Å²) in [7, 11) is 0. The molecule has 0 aliphatic heterocycles. The summed E-state index contributed by atoms with van der Waals surface area (Å²) in [5.74, 6) is 2.95. The monoisotopic (exact) mass is 1090 g/mol. The van der Waals surface area contributed by atoms with Gasteiger partial charge in [0.15, 0.2) is 11.5 Å². The normalized spacial score (nSPS) is 11.6. The van der Waals surface area contributed by atoms with Crippen molar-refractivity contribution in [3.8, 4) is 34.5 Å². The molecule has 0 aromatic heterocycles. The third kappa shape index (κ3) is 31.6. The SMILES string of the molecule is CCCCCCCCCCCCOc1ccc(COc2cc(C(=O)OC[C@@H](C)OCCO)cc(OCc3ccc(OCCCCCCCCCCCC)cc3)c2OCc2ccc(OCCCCCCCCCCCC)cc2)cc1. The Labute approximate surface area is 479 Å². The molecule has 0 heterocycles. The smallest absolute Gasteiger partial charge is 0.338 e. The second kappa shape index (κ2) is 44.8. The second-order valence-corrected chi connectivity index (χ2v) is 21.7. The molecule has 0 amide bonds. The van der Waals surface area contributed by atoms with E-state index in [4.69, 9.17) is 37.9 Å². The maximum absolute atomic E-state index is 13.8. The van der Waals surface area contributed by atoms with Gasteiger partial charge in [-0.1, -0.05) is 231 Å². The van der Waals surface area contributed by atoms with Gasteiger partial charge in [-0.3, -0.25) is 0 Å². The lowest BCUT2D eigenvalue weighted by molar-refractivity contribution is -0.0103. The molecule has 10 nitrogen and oxygen atoms in total. The molecule has 4 aromatic carbocycles. The van der Waals surface area contributed by atoms with Gasteiger partial charge < -0.3 is 43.0 Å². The van der Waals surface area contributed by atoms with E-state index >= 15 is 0 Å². The van der Waals surface area contributed by atoms with Gasteiger partial charge in [-0.05, 0) is 91.4 Å². The Morgan fingerprint density at radius 2 is 0.696 bits per heavy atom. The van der Waals surface area contributed by atoms with Crippen molar-refractivity contribution in [2.75, 3.05) is 39.6 Å². The van der Waals surface area contributed by atoms with Crippen LogP contribution in [0, 0.1) is 0 Å². The van der Waals surface area contributed by atoms with Crippen LogP contribution in [0.2, 0.25) is 0 Å². The first-order chi connectivity index (χ1) is 38.9. The van der Waals surface area contributed by atoms with Crippen molar-refractivity contribution in [3.63, 3.8) is 0 Å². The molecule has 4 aromatic rings. The highest BCUT2D eigenvalue weighted by atomic mass is 16.6. The van der Waals surface area contributed by atoms with Crippen molar-refractivity contribution in [1.29, 1.82) is 0 Å². The molecule has 4 rings (SSSR count). The number of rotatable bonds is 51. The summed E-state index contributed by atoms with van der Waals surface area (Å²) < 4.78 is 49.5. The van der Waals surface area contributed by atoms with Gasteiger partial charge in [0.1, 0.15) is 43.7 Å². The second-order valence-electron chi connectivity index (χ2n) is 21.7. The quantitative estimate of drug-likeness (QED) is 0.0339. The molecule has 0 fully saturated rings. The molecule has 10 heteroatoms. The Morgan fingerprint density at radius 3 is 1.01 bits per heavy atom. The average molecular weight is 1100 g/mol. The van der Waals surface area contributed by atoms with Gasteiger partial charge >= 0.3 is 5.97 Å². The molecular weight excluding hydrogens is 989 g/mol. The Bertz CT molecular complexity index is 1980. The minimum Gasteiger partial charge on any atom is -0.494 e. The molecule has 0 saturated carbocycles. The van der Waals surface area contributed by atoms with Gasteiger partial charge in [-0.25, -0.2) is 4.79 Å². The van der Waals surface area contributed by atoms with Crippen LogP contribution in [-0.2, 0) is 29.3 Å².